The lowest BCUT2D eigenvalue weighted by atomic mass is 10.0. The van der Waals surface area contributed by atoms with Gasteiger partial charge in [-0.2, -0.15) is 0 Å². The number of ether oxygens (including phenoxy) is 3. The molecule has 9 heteroatoms. The van der Waals surface area contributed by atoms with E-state index in [9.17, 15) is 14.4 Å². The molecule has 2 amide bonds. The average Bonchev–Trinajstić information content (AvgIpc) is 2.97. The first kappa shape index (κ1) is 38.1. The molecule has 9 nitrogen and oxygen atoms in total. The first-order valence-electron chi connectivity index (χ1n) is 15.3. The van der Waals surface area contributed by atoms with Crippen LogP contribution in [0.15, 0.2) is 66.7 Å². The fourth-order valence-electron chi connectivity index (χ4n) is 5.09. The van der Waals surface area contributed by atoms with Crippen LogP contribution in [0, 0.1) is 27.7 Å². The minimum Gasteiger partial charge on any atom is -0.459 e. The molecule has 3 aromatic carbocycles. The van der Waals surface area contributed by atoms with Crippen LogP contribution in [0.1, 0.15) is 76.2 Å². The van der Waals surface area contributed by atoms with Crippen molar-refractivity contribution in [3.63, 3.8) is 0 Å². The van der Waals surface area contributed by atoms with Crippen LogP contribution in [-0.2, 0) is 25.6 Å². The highest BCUT2D eigenvalue weighted by Gasteiger charge is 2.34. The molecule has 0 aliphatic carbocycles. The van der Waals surface area contributed by atoms with E-state index in [1.807, 2.05) is 122 Å². The summed E-state index contributed by atoms with van der Waals surface area (Å²) in [4.78, 5) is 39.6. The van der Waals surface area contributed by atoms with E-state index in [1.54, 1.807) is 14.2 Å². The summed E-state index contributed by atoms with van der Waals surface area (Å²) in [6, 6.07) is 20.9. The fourth-order valence-corrected chi connectivity index (χ4v) is 5.09. The summed E-state index contributed by atoms with van der Waals surface area (Å²) in [5.74, 6) is 5.06. The van der Waals surface area contributed by atoms with E-state index in [-0.39, 0.29) is 25.0 Å². The number of carbonyl (C=O) groups is 3. The van der Waals surface area contributed by atoms with Gasteiger partial charge in [-0.05, 0) is 85.2 Å². The number of hydrogen-bond acceptors (Lipinski definition) is 7. The van der Waals surface area contributed by atoms with Gasteiger partial charge in [0.15, 0.2) is 0 Å². The summed E-state index contributed by atoms with van der Waals surface area (Å²) in [5, 5.41) is 1.24. The van der Waals surface area contributed by atoms with Crippen LogP contribution < -0.4 is 5.84 Å². The van der Waals surface area contributed by atoms with Crippen molar-refractivity contribution in [1.82, 2.24) is 9.91 Å². The number of aryl methyl sites for hydroxylation is 4. The Hall–Kier alpha value is -4.05. The van der Waals surface area contributed by atoms with Gasteiger partial charge in [-0.25, -0.2) is 5.84 Å². The molecule has 0 spiro atoms. The van der Waals surface area contributed by atoms with Crippen molar-refractivity contribution in [3.05, 3.63) is 106 Å². The van der Waals surface area contributed by atoms with E-state index < -0.39 is 17.0 Å². The van der Waals surface area contributed by atoms with Gasteiger partial charge in [0, 0.05) is 25.3 Å². The number of hydrazine groups is 1. The van der Waals surface area contributed by atoms with E-state index in [0.717, 1.165) is 27.8 Å². The molecule has 0 fully saturated rings. The molecule has 0 saturated heterocycles. The second kappa shape index (κ2) is 17.0. The largest absolute Gasteiger partial charge is 0.459 e. The Morgan fingerprint density at radius 3 is 1.57 bits per heavy atom. The lowest BCUT2D eigenvalue weighted by Gasteiger charge is -2.37. The summed E-state index contributed by atoms with van der Waals surface area (Å²) in [7, 11) is 3.17. The quantitative estimate of drug-likeness (QED) is 0.113. The molecule has 0 saturated carbocycles. The Labute approximate surface area is 274 Å². The highest BCUT2D eigenvalue weighted by atomic mass is 16.5. The standard InChI is InChI=1S/C23H29NO4.C14H22N2O2/c1-17-11-18(2)13-20(12-17)22(26)24(23(3,4)16-27-5)14-21(25)28-15-19-9-7-6-8-10-19;1-10-6-11(2)8-12(7-10)13(17)16(15)14(3,4)9-18-5/h6-13H,14-16H2,1-5H3;6-8H,9,15H2,1-5H3. The Morgan fingerprint density at radius 2 is 1.11 bits per heavy atom. The Kier molecular flexibility index (Phi) is 14.1. The summed E-state index contributed by atoms with van der Waals surface area (Å²) in [6.45, 7) is 16.0. The normalized spacial score (nSPS) is 11.3. The van der Waals surface area contributed by atoms with E-state index in [4.69, 9.17) is 20.1 Å². The smallest absolute Gasteiger partial charge is 0.326 e. The molecule has 3 aromatic rings. The number of nitrogens with two attached hydrogens (primary N) is 1. The average molecular weight is 634 g/mol. The Morgan fingerprint density at radius 1 is 0.674 bits per heavy atom. The number of rotatable bonds is 12. The van der Waals surface area contributed by atoms with Crippen molar-refractivity contribution in [1.29, 1.82) is 0 Å². The molecular weight excluding hydrogens is 582 g/mol. The van der Waals surface area contributed by atoms with Crippen molar-refractivity contribution in [3.8, 4) is 0 Å². The van der Waals surface area contributed by atoms with Crippen LogP contribution in [-0.4, -0.2) is 72.7 Å². The number of amides is 2. The molecular formula is C37H51N3O6. The maximum atomic E-state index is 13.2. The molecule has 2 N–H and O–H groups in total. The van der Waals surface area contributed by atoms with Gasteiger partial charge in [-0.1, -0.05) is 64.7 Å². The second-order valence-electron chi connectivity index (χ2n) is 13.0. The highest BCUT2D eigenvalue weighted by Crippen LogP contribution is 2.21. The molecule has 0 aromatic heterocycles. The van der Waals surface area contributed by atoms with Crippen molar-refractivity contribution in [2.45, 2.75) is 73.1 Å². The number of nitrogens with zero attached hydrogens (tertiary/aromatic N) is 2. The summed E-state index contributed by atoms with van der Waals surface area (Å²) in [5.41, 5.74) is 4.96. The van der Waals surface area contributed by atoms with Gasteiger partial charge in [0.2, 0.25) is 0 Å². The number of carbonyl (C=O) groups excluding carboxylic acids is 3. The summed E-state index contributed by atoms with van der Waals surface area (Å²) in [6.07, 6.45) is 0. The SMILES string of the molecule is COCC(C)(C)N(CC(=O)OCc1ccccc1)C(=O)c1cc(C)cc(C)c1.COCC(C)(C)N(N)C(=O)c1cc(C)cc(C)c1. The maximum absolute atomic E-state index is 13.2. The highest BCUT2D eigenvalue weighted by molar-refractivity contribution is 5.97. The van der Waals surface area contributed by atoms with Crippen LogP contribution in [0.3, 0.4) is 0 Å². The van der Waals surface area contributed by atoms with Crippen LogP contribution in [0.25, 0.3) is 0 Å². The first-order chi connectivity index (χ1) is 21.5. The molecule has 0 heterocycles. The number of methoxy groups -OCH3 is 2. The van der Waals surface area contributed by atoms with Crippen LogP contribution in [0.4, 0.5) is 0 Å². The minimum atomic E-state index is -0.671. The number of benzene rings is 3. The van der Waals surface area contributed by atoms with Gasteiger partial charge >= 0.3 is 5.97 Å². The van der Waals surface area contributed by atoms with Crippen LogP contribution in [0.5, 0.6) is 0 Å². The first-order valence-corrected chi connectivity index (χ1v) is 15.3. The van der Waals surface area contributed by atoms with E-state index in [0.29, 0.717) is 24.3 Å². The third kappa shape index (κ3) is 11.4. The molecule has 0 unspecified atom stereocenters. The van der Waals surface area contributed by atoms with Crippen molar-refractivity contribution >= 4 is 17.8 Å². The molecule has 0 bridgehead atoms. The van der Waals surface area contributed by atoms with Gasteiger partial charge in [0.25, 0.3) is 11.8 Å². The van der Waals surface area contributed by atoms with E-state index in [1.165, 1.54) is 9.91 Å². The lowest BCUT2D eigenvalue weighted by Crippen LogP contribution is -2.54. The number of esters is 1. The zero-order chi connectivity index (χ0) is 34.7. The van der Waals surface area contributed by atoms with Crippen LogP contribution >= 0.6 is 0 Å². The topological polar surface area (TPSA) is 111 Å². The van der Waals surface area contributed by atoms with Crippen LogP contribution in [0.2, 0.25) is 0 Å². The zero-order valence-corrected chi connectivity index (χ0v) is 29.1. The number of hydrogen-bond donors (Lipinski definition) is 1. The third-order valence-electron chi connectivity index (χ3n) is 7.31. The van der Waals surface area contributed by atoms with Crippen molar-refractivity contribution < 1.29 is 28.6 Å². The monoisotopic (exact) mass is 633 g/mol. The Balaban J connectivity index is 0.000000353. The van der Waals surface area contributed by atoms with Crippen molar-refractivity contribution in [2.75, 3.05) is 34.0 Å². The van der Waals surface area contributed by atoms with Crippen molar-refractivity contribution in [2.24, 2.45) is 5.84 Å². The molecule has 0 atom stereocenters. The molecule has 46 heavy (non-hydrogen) atoms. The Bertz CT molecular complexity index is 1430. The molecule has 0 aliphatic rings. The third-order valence-corrected chi connectivity index (χ3v) is 7.31. The van der Waals surface area contributed by atoms with E-state index >= 15 is 0 Å². The fraction of sp³-hybridized carbons (Fsp3) is 0.432. The van der Waals surface area contributed by atoms with Gasteiger partial charge in [-0.15, -0.1) is 0 Å². The maximum Gasteiger partial charge on any atom is 0.326 e. The minimum absolute atomic E-state index is 0.144. The molecule has 0 radical (unpaired) electrons. The summed E-state index contributed by atoms with van der Waals surface area (Å²) >= 11 is 0. The van der Waals surface area contributed by atoms with Gasteiger partial charge in [-0.3, -0.25) is 19.4 Å². The molecule has 0 aliphatic heterocycles. The predicted molar refractivity (Wildman–Crippen MR) is 181 cm³/mol. The molecule has 250 valence electrons. The van der Waals surface area contributed by atoms with E-state index in [2.05, 4.69) is 0 Å². The van der Waals surface area contributed by atoms with Gasteiger partial charge in [0.05, 0.1) is 24.3 Å². The summed E-state index contributed by atoms with van der Waals surface area (Å²) < 4.78 is 15.8. The second-order valence-corrected chi connectivity index (χ2v) is 13.0. The predicted octanol–water partition coefficient (Wildman–Crippen LogP) is 5.96. The van der Waals surface area contributed by atoms with Gasteiger partial charge < -0.3 is 19.1 Å². The zero-order valence-electron chi connectivity index (χ0n) is 29.1. The van der Waals surface area contributed by atoms with Gasteiger partial charge in [0.1, 0.15) is 13.2 Å². The molecule has 3 rings (SSSR count). The lowest BCUT2D eigenvalue weighted by molar-refractivity contribution is -0.147.